The number of aromatic nitrogens is 1. The van der Waals surface area contributed by atoms with Crippen molar-refractivity contribution in [2.75, 3.05) is 25.5 Å². The number of amides is 2. The van der Waals surface area contributed by atoms with Gasteiger partial charge in [0.15, 0.2) is 0 Å². The first-order valence-electron chi connectivity index (χ1n) is 9.09. The van der Waals surface area contributed by atoms with E-state index in [1.165, 1.54) is 11.0 Å². The average molecular weight is 392 g/mol. The lowest BCUT2D eigenvalue weighted by Crippen LogP contribution is -2.48. The molecule has 1 atom stereocenters. The summed E-state index contributed by atoms with van der Waals surface area (Å²) in [6.45, 7) is 3.44. The molecule has 2 amide bonds. The van der Waals surface area contributed by atoms with Gasteiger partial charge in [0.1, 0.15) is 17.7 Å². The molecule has 0 spiro atoms. The van der Waals surface area contributed by atoms with Gasteiger partial charge < -0.3 is 14.4 Å². The maximum absolute atomic E-state index is 14.5. The van der Waals surface area contributed by atoms with Crippen LogP contribution < -0.4 is 0 Å². The molecule has 7 heteroatoms. The summed E-state index contributed by atoms with van der Waals surface area (Å²) in [6, 6.07) is 9.80. The van der Waals surface area contributed by atoms with E-state index in [2.05, 4.69) is 0 Å². The zero-order valence-corrected chi connectivity index (χ0v) is 16.0. The van der Waals surface area contributed by atoms with Crippen LogP contribution >= 0.6 is 11.6 Å². The van der Waals surface area contributed by atoms with E-state index in [-0.39, 0.29) is 30.1 Å². The highest BCUT2D eigenvalue weighted by Crippen LogP contribution is 2.33. The minimum atomic E-state index is -0.517. The predicted molar refractivity (Wildman–Crippen MR) is 102 cm³/mol. The minimum absolute atomic E-state index is 0.0505. The normalized spacial score (nSPS) is 16.1. The Balaban J connectivity index is 1.92. The lowest BCUT2D eigenvalue weighted by Gasteiger charge is -2.38. The van der Waals surface area contributed by atoms with Crippen molar-refractivity contribution >= 4 is 23.4 Å². The van der Waals surface area contributed by atoms with E-state index in [0.717, 1.165) is 12.1 Å². The molecule has 1 unspecified atom stereocenters. The van der Waals surface area contributed by atoms with Crippen LogP contribution in [-0.2, 0) is 16.1 Å². The van der Waals surface area contributed by atoms with E-state index in [9.17, 15) is 14.0 Å². The van der Waals surface area contributed by atoms with Crippen LogP contribution in [-0.4, -0.2) is 51.7 Å². The Bertz CT molecular complexity index is 823. The molecule has 3 rings (SSSR count). The first-order chi connectivity index (χ1) is 13.1. The summed E-state index contributed by atoms with van der Waals surface area (Å²) in [5.74, 6) is -0.984. The third-order valence-electron chi connectivity index (χ3n) is 4.85. The van der Waals surface area contributed by atoms with Gasteiger partial charge in [-0.25, -0.2) is 4.39 Å². The monoisotopic (exact) mass is 391 g/mol. The zero-order valence-electron chi connectivity index (χ0n) is 15.3. The second kappa shape index (κ2) is 8.57. The van der Waals surface area contributed by atoms with Crippen molar-refractivity contribution in [3.63, 3.8) is 0 Å². The van der Waals surface area contributed by atoms with Crippen LogP contribution in [0.4, 0.5) is 4.39 Å². The summed E-state index contributed by atoms with van der Waals surface area (Å²) < 4.78 is 16.6. The van der Waals surface area contributed by atoms with Crippen LogP contribution in [0.25, 0.3) is 0 Å². The molecule has 0 N–H and O–H groups in total. The Morgan fingerprint density at radius 2 is 2.00 bits per heavy atom. The van der Waals surface area contributed by atoms with Gasteiger partial charge in [-0.3, -0.25) is 9.59 Å². The predicted octanol–water partition coefficient (Wildman–Crippen LogP) is 3.04. The molecule has 0 saturated heterocycles. The summed E-state index contributed by atoms with van der Waals surface area (Å²) >= 11 is 5.68. The molecule has 2 aromatic rings. The summed E-state index contributed by atoms with van der Waals surface area (Å²) in [4.78, 5) is 28.3. The van der Waals surface area contributed by atoms with Crippen LogP contribution in [0, 0.1) is 5.82 Å². The van der Waals surface area contributed by atoms with Crippen LogP contribution in [0.1, 0.15) is 30.6 Å². The molecule has 27 heavy (non-hydrogen) atoms. The molecule has 1 aliphatic rings. The van der Waals surface area contributed by atoms with Crippen LogP contribution in [0.15, 0.2) is 42.6 Å². The number of nitrogens with zero attached hydrogens (tertiary/aromatic N) is 3. The summed E-state index contributed by atoms with van der Waals surface area (Å²) in [6.07, 6.45) is 2.67. The van der Waals surface area contributed by atoms with Crippen LogP contribution in [0.2, 0.25) is 0 Å². The fourth-order valence-electron chi connectivity index (χ4n) is 3.58. The van der Waals surface area contributed by atoms with Gasteiger partial charge in [0.25, 0.3) is 0 Å². The highest BCUT2D eigenvalue weighted by molar-refractivity contribution is 6.27. The molecule has 0 fully saturated rings. The molecule has 144 valence electrons. The number of rotatable bonds is 6. The first-order valence-corrected chi connectivity index (χ1v) is 9.63. The molecule has 1 aromatic heterocycles. The minimum Gasteiger partial charge on any atom is -0.348 e. The van der Waals surface area contributed by atoms with Gasteiger partial charge in [-0.2, -0.15) is 0 Å². The molecule has 1 aromatic carbocycles. The molecule has 0 saturated carbocycles. The fraction of sp³-hybridized carbons (Fsp3) is 0.400. The van der Waals surface area contributed by atoms with E-state index in [4.69, 9.17) is 11.6 Å². The fourth-order valence-corrected chi connectivity index (χ4v) is 3.75. The lowest BCUT2D eigenvalue weighted by atomic mass is 9.99. The smallest absolute Gasteiger partial charge is 0.243 e. The van der Waals surface area contributed by atoms with Crippen LogP contribution in [0.5, 0.6) is 0 Å². The van der Waals surface area contributed by atoms with Crippen molar-refractivity contribution < 1.29 is 14.0 Å². The number of hydrogen-bond donors (Lipinski definition) is 0. The van der Waals surface area contributed by atoms with Gasteiger partial charge in [0, 0.05) is 37.1 Å². The second-order valence-corrected chi connectivity index (χ2v) is 6.85. The topological polar surface area (TPSA) is 45.6 Å². The van der Waals surface area contributed by atoms with Crippen LogP contribution in [0.3, 0.4) is 0 Å². The SMILES string of the molecule is CCCN(CC(=O)N1CCn2cccc2C1c1ccccc1F)C(=O)CCl. The first kappa shape index (κ1) is 19.4. The maximum Gasteiger partial charge on any atom is 0.243 e. The van der Waals surface area contributed by atoms with Crippen molar-refractivity contribution in [1.82, 2.24) is 14.4 Å². The van der Waals surface area contributed by atoms with Crippen molar-refractivity contribution in [3.05, 3.63) is 59.7 Å². The molecule has 0 bridgehead atoms. The largest absolute Gasteiger partial charge is 0.348 e. The number of carbonyl (C=O) groups is 2. The summed E-state index contributed by atoms with van der Waals surface area (Å²) in [5, 5.41) is 0. The van der Waals surface area contributed by atoms with E-state index in [1.54, 1.807) is 23.1 Å². The number of carbonyl (C=O) groups excluding carboxylic acids is 2. The Kier molecular flexibility index (Phi) is 6.16. The number of benzene rings is 1. The van der Waals surface area contributed by atoms with Crippen molar-refractivity contribution in [2.24, 2.45) is 0 Å². The number of alkyl halides is 1. The Morgan fingerprint density at radius 1 is 1.22 bits per heavy atom. The average Bonchev–Trinajstić information content (AvgIpc) is 3.15. The van der Waals surface area contributed by atoms with E-state index in [1.807, 2.05) is 29.8 Å². The second-order valence-electron chi connectivity index (χ2n) is 6.59. The molecule has 1 aliphatic heterocycles. The van der Waals surface area contributed by atoms with Gasteiger partial charge in [0.2, 0.25) is 11.8 Å². The number of halogens is 2. The maximum atomic E-state index is 14.5. The van der Waals surface area contributed by atoms with Gasteiger partial charge in [-0.1, -0.05) is 25.1 Å². The molecule has 0 aliphatic carbocycles. The molecular formula is C20H23ClFN3O2. The third kappa shape index (κ3) is 4.00. The van der Waals surface area contributed by atoms with E-state index in [0.29, 0.717) is 25.2 Å². The molecule has 2 heterocycles. The Labute approximate surface area is 163 Å². The summed E-state index contributed by atoms with van der Waals surface area (Å²) in [5.41, 5.74) is 1.32. The zero-order chi connectivity index (χ0) is 19.4. The van der Waals surface area contributed by atoms with Crippen molar-refractivity contribution in [3.8, 4) is 0 Å². The highest BCUT2D eigenvalue weighted by atomic mass is 35.5. The van der Waals surface area contributed by atoms with E-state index < -0.39 is 6.04 Å². The third-order valence-corrected chi connectivity index (χ3v) is 5.07. The van der Waals surface area contributed by atoms with Gasteiger partial charge in [0.05, 0.1) is 6.54 Å². The quantitative estimate of drug-likeness (QED) is 0.710. The van der Waals surface area contributed by atoms with Gasteiger partial charge in [-0.05, 0) is 24.6 Å². The van der Waals surface area contributed by atoms with Gasteiger partial charge in [-0.15, -0.1) is 11.6 Å². The standard InChI is InChI=1S/C20H23ClFN3O2/c1-2-9-24(18(26)13-21)14-19(27)25-12-11-23-10-5-8-17(23)20(25)15-6-3-4-7-16(15)22/h3-8,10,20H,2,9,11-14H2,1H3. The van der Waals surface area contributed by atoms with Crippen molar-refractivity contribution in [2.45, 2.75) is 25.9 Å². The number of hydrogen-bond acceptors (Lipinski definition) is 2. The molecule has 0 radical (unpaired) electrons. The molecular weight excluding hydrogens is 369 g/mol. The Morgan fingerprint density at radius 3 is 2.70 bits per heavy atom. The number of fused-ring (bicyclic) bond motifs is 1. The van der Waals surface area contributed by atoms with Gasteiger partial charge >= 0.3 is 0 Å². The van der Waals surface area contributed by atoms with Crippen molar-refractivity contribution in [1.29, 1.82) is 0 Å². The highest BCUT2D eigenvalue weighted by Gasteiger charge is 2.34. The van der Waals surface area contributed by atoms with E-state index >= 15 is 0 Å². The lowest BCUT2D eigenvalue weighted by molar-refractivity contribution is -0.141. The molecule has 5 nitrogen and oxygen atoms in total. The summed E-state index contributed by atoms with van der Waals surface area (Å²) in [7, 11) is 0. The Hall–Kier alpha value is -2.34.